The van der Waals surface area contributed by atoms with E-state index in [0.717, 1.165) is 36.7 Å². The van der Waals surface area contributed by atoms with Gasteiger partial charge in [0.25, 0.3) is 11.8 Å². The average Bonchev–Trinajstić information content (AvgIpc) is 3.23. The number of amides is 3. The molecule has 0 saturated carbocycles. The van der Waals surface area contributed by atoms with Crippen molar-refractivity contribution in [1.82, 2.24) is 10.2 Å². The van der Waals surface area contributed by atoms with Crippen LogP contribution in [-0.2, 0) is 9.59 Å². The maximum Gasteiger partial charge on any atom is 0.262 e. The van der Waals surface area contributed by atoms with Crippen LogP contribution in [0.15, 0.2) is 59.6 Å². The highest BCUT2D eigenvalue weighted by Crippen LogP contribution is 2.29. The van der Waals surface area contributed by atoms with Crippen LogP contribution in [0.4, 0.5) is 5.69 Å². The molecule has 0 spiro atoms. The number of carbonyl (C=O) groups is 3. The zero-order valence-electron chi connectivity index (χ0n) is 18.8. The van der Waals surface area contributed by atoms with Crippen LogP contribution in [0.2, 0.25) is 0 Å². The zero-order valence-corrected chi connectivity index (χ0v) is 19.6. The Morgan fingerprint density at radius 3 is 2.62 bits per heavy atom. The Labute approximate surface area is 202 Å². The van der Waals surface area contributed by atoms with Gasteiger partial charge in [-0.3, -0.25) is 14.4 Å². The standard InChI is InChI=1S/C25H28N4O4S/c30-20(17-8-3-1-4-9-17)16-26-23(32)18-10-7-11-19(14-18)27-22(31)15-21-24(33)28-25(34-21)29-12-5-2-6-13-29/h1,3-4,7-11,14,20-21,30H,2,5-6,12-13,15-16H2,(H,26,32)(H,27,31). The minimum atomic E-state index is -0.813. The molecule has 2 atom stereocenters. The van der Waals surface area contributed by atoms with E-state index in [2.05, 4.69) is 20.5 Å². The second kappa shape index (κ2) is 11.3. The summed E-state index contributed by atoms with van der Waals surface area (Å²) >= 11 is 1.36. The molecule has 1 fully saturated rings. The molecule has 8 nitrogen and oxygen atoms in total. The van der Waals surface area contributed by atoms with Gasteiger partial charge in [-0.15, -0.1) is 0 Å². The monoisotopic (exact) mass is 480 g/mol. The lowest BCUT2D eigenvalue weighted by Gasteiger charge is -2.27. The van der Waals surface area contributed by atoms with Crippen molar-refractivity contribution < 1.29 is 19.5 Å². The SMILES string of the molecule is O=C(CC1SC(N2CCCCC2)=NC1=O)Nc1cccc(C(=O)NCC(O)c2ccccc2)c1. The lowest BCUT2D eigenvalue weighted by atomic mass is 10.1. The first-order valence-corrected chi connectivity index (χ1v) is 12.3. The molecule has 34 heavy (non-hydrogen) atoms. The first-order valence-electron chi connectivity index (χ1n) is 11.4. The van der Waals surface area contributed by atoms with Crippen molar-refractivity contribution in [3.8, 4) is 0 Å². The van der Waals surface area contributed by atoms with Crippen LogP contribution in [0.25, 0.3) is 0 Å². The number of piperidine rings is 1. The molecule has 9 heteroatoms. The van der Waals surface area contributed by atoms with E-state index in [1.54, 1.807) is 36.4 Å². The van der Waals surface area contributed by atoms with Crippen LogP contribution in [0.5, 0.6) is 0 Å². The molecular weight excluding hydrogens is 452 g/mol. The number of likely N-dealkylation sites (tertiary alicyclic amines) is 1. The third-order valence-corrected chi connectivity index (χ3v) is 6.99. The summed E-state index contributed by atoms with van der Waals surface area (Å²) in [6, 6.07) is 15.7. The number of hydrogen-bond donors (Lipinski definition) is 3. The molecular formula is C25H28N4O4S. The van der Waals surface area contributed by atoms with Gasteiger partial charge < -0.3 is 20.6 Å². The first kappa shape index (κ1) is 24.0. The predicted molar refractivity (Wildman–Crippen MR) is 133 cm³/mol. The van der Waals surface area contributed by atoms with E-state index in [-0.39, 0.29) is 30.7 Å². The number of nitrogens with zero attached hydrogens (tertiary/aromatic N) is 2. The number of amidine groups is 1. The Morgan fingerprint density at radius 2 is 1.85 bits per heavy atom. The lowest BCUT2D eigenvalue weighted by Crippen LogP contribution is -2.33. The van der Waals surface area contributed by atoms with Crippen LogP contribution in [0, 0.1) is 0 Å². The van der Waals surface area contributed by atoms with E-state index in [4.69, 9.17) is 0 Å². The van der Waals surface area contributed by atoms with Gasteiger partial charge in [-0.05, 0) is 43.0 Å². The number of rotatable bonds is 7. The van der Waals surface area contributed by atoms with Gasteiger partial charge in [0, 0.05) is 37.3 Å². The van der Waals surface area contributed by atoms with Gasteiger partial charge in [-0.2, -0.15) is 4.99 Å². The van der Waals surface area contributed by atoms with Crippen molar-refractivity contribution in [3.63, 3.8) is 0 Å². The highest BCUT2D eigenvalue weighted by atomic mass is 32.2. The van der Waals surface area contributed by atoms with Crippen LogP contribution in [-0.4, -0.2) is 57.8 Å². The lowest BCUT2D eigenvalue weighted by molar-refractivity contribution is -0.121. The predicted octanol–water partition coefficient (Wildman–Crippen LogP) is 2.96. The molecule has 2 heterocycles. The molecule has 0 radical (unpaired) electrons. The van der Waals surface area contributed by atoms with Crippen molar-refractivity contribution in [2.75, 3.05) is 25.0 Å². The Morgan fingerprint density at radius 1 is 1.09 bits per heavy atom. The van der Waals surface area contributed by atoms with Gasteiger partial charge in [0.2, 0.25) is 5.91 Å². The number of nitrogens with one attached hydrogen (secondary N) is 2. The molecule has 2 aromatic carbocycles. The Balaban J connectivity index is 1.27. The largest absolute Gasteiger partial charge is 0.387 e. The number of aliphatic hydroxyl groups is 1. The van der Waals surface area contributed by atoms with Gasteiger partial charge >= 0.3 is 0 Å². The molecule has 3 N–H and O–H groups in total. The molecule has 0 bridgehead atoms. The normalized spacial score (nSPS) is 18.9. The molecule has 178 valence electrons. The van der Waals surface area contributed by atoms with E-state index in [1.807, 2.05) is 18.2 Å². The molecule has 2 aromatic rings. The topological polar surface area (TPSA) is 111 Å². The molecule has 2 unspecified atom stereocenters. The van der Waals surface area contributed by atoms with Crippen molar-refractivity contribution in [1.29, 1.82) is 0 Å². The highest BCUT2D eigenvalue weighted by Gasteiger charge is 2.33. The van der Waals surface area contributed by atoms with Gasteiger partial charge in [-0.1, -0.05) is 48.2 Å². The van der Waals surface area contributed by atoms with Crippen LogP contribution in [0.3, 0.4) is 0 Å². The molecule has 4 rings (SSSR count). The van der Waals surface area contributed by atoms with Crippen molar-refractivity contribution in [2.24, 2.45) is 4.99 Å². The second-order valence-corrected chi connectivity index (χ2v) is 9.53. The summed E-state index contributed by atoms with van der Waals surface area (Å²) in [5.74, 6) is -0.934. The first-order chi connectivity index (χ1) is 16.5. The number of aliphatic hydroxyl groups excluding tert-OH is 1. The van der Waals surface area contributed by atoms with Crippen molar-refractivity contribution >= 4 is 40.3 Å². The zero-order chi connectivity index (χ0) is 23.9. The summed E-state index contributed by atoms with van der Waals surface area (Å²) in [4.78, 5) is 43.7. The summed E-state index contributed by atoms with van der Waals surface area (Å²) in [6.45, 7) is 1.87. The Hall–Kier alpha value is -3.17. The summed E-state index contributed by atoms with van der Waals surface area (Å²) < 4.78 is 0. The highest BCUT2D eigenvalue weighted by molar-refractivity contribution is 8.15. The molecule has 2 aliphatic heterocycles. The number of anilines is 1. The fraction of sp³-hybridized carbons (Fsp3) is 0.360. The molecule has 2 aliphatic rings. The molecule has 3 amide bonds. The minimum absolute atomic E-state index is 0.0179. The smallest absolute Gasteiger partial charge is 0.262 e. The fourth-order valence-electron chi connectivity index (χ4n) is 3.93. The average molecular weight is 481 g/mol. The van der Waals surface area contributed by atoms with Gasteiger partial charge in [0.05, 0.1) is 6.10 Å². The van der Waals surface area contributed by atoms with E-state index in [9.17, 15) is 19.5 Å². The number of aliphatic imine (C=N–C) groups is 1. The van der Waals surface area contributed by atoms with Crippen molar-refractivity contribution in [3.05, 3.63) is 65.7 Å². The summed E-state index contributed by atoms with van der Waals surface area (Å²) in [5, 5.41) is 15.9. The molecule has 0 aliphatic carbocycles. The van der Waals surface area contributed by atoms with E-state index in [0.29, 0.717) is 11.3 Å². The third-order valence-electron chi connectivity index (χ3n) is 5.78. The Bertz CT molecular complexity index is 1070. The van der Waals surface area contributed by atoms with Gasteiger partial charge in [-0.25, -0.2) is 0 Å². The van der Waals surface area contributed by atoms with E-state index in [1.165, 1.54) is 18.2 Å². The Kier molecular flexibility index (Phi) is 7.97. The van der Waals surface area contributed by atoms with Crippen molar-refractivity contribution in [2.45, 2.75) is 37.0 Å². The molecule has 1 saturated heterocycles. The summed E-state index contributed by atoms with van der Waals surface area (Å²) in [7, 11) is 0. The second-order valence-electron chi connectivity index (χ2n) is 8.36. The van der Waals surface area contributed by atoms with E-state index >= 15 is 0 Å². The quantitative estimate of drug-likeness (QED) is 0.562. The van der Waals surface area contributed by atoms with Gasteiger partial charge in [0.15, 0.2) is 5.17 Å². The maximum atomic E-state index is 12.6. The number of carbonyl (C=O) groups excluding carboxylic acids is 3. The van der Waals surface area contributed by atoms with Crippen LogP contribution in [0.1, 0.15) is 47.7 Å². The van der Waals surface area contributed by atoms with Crippen LogP contribution >= 0.6 is 11.8 Å². The van der Waals surface area contributed by atoms with E-state index < -0.39 is 11.4 Å². The summed E-state index contributed by atoms with van der Waals surface area (Å²) in [5.41, 5.74) is 1.55. The number of benzene rings is 2. The third kappa shape index (κ3) is 6.24. The minimum Gasteiger partial charge on any atom is -0.387 e. The fourth-order valence-corrected chi connectivity index (χ4v) is 5.05. The maximum absolute atomic E-state index is 12.6. The van der Waals surface area contributed by atoms with Crippen LogP contribution < -0.4 is 10.6 Å². The number of thioether (sulfide) groups is 1. The van der Waals surface area contributed by atoms with Gasteiger partial charge in [0.1, 0.15) is 5.25 Å². The summed E-state index contributed by atoms with van der Waals surface area (Å²) in [6.07, 6.45) is 2.58. The molecule has 0 aromatic heterocycles. The number of hydrogen-bond acceptors (Lipinski definition) is 6.